The molecule has 0 fully saturated rings. The van der Waals surface area contributed by atoms with Crippen LogP contribution in [0.15, 0.2) is 42.5 Å². The number of amides is 2. The van der Waals surface area contributed by atoms with Crippen LogP contribution in [0.3, 0.4) is 0 Å². The van der Waals surface area contributed by atoms with Gasteiger partial charge in [0.25, 0.3) is 5.91 Å². The molecule has 0 saturated carbocycles. The van der Waals surface area contributed by atoms with E-state index in [-0.39, 0.29) is 11.8 Å². The molecule has 0 aromatic heterocycles. The van der Waals surface area contributed by atoms with Gasteiger partial charge in [-0.15, -0.1) is 0 Å². The zero-order chi connectivity index (χ0) is 15.4. The summed E-state index contributed by atoms with van der Waals surface area (Å²) in [6.07, 6.45) is 0. The molecule has 0 aliphatic heterocycles. The van der Waals surface area contributed by atoms with Crippen molar-refractivity contribution in [1.82, 2.24) is 0 Å². The molecule has 21 heavy (non-hydrogen) atoms. The molecule has 4 N–H and O–H groups in total. The van der Waals surface area contributed by atoms with E-state index in [1.165, 1.54) is 13.0 Å². The molecule has 6 heteroatoms. The number of benzene rings is 2. The molecule has 2 rings (SSSR count). The third-order valence-electron chi connectivity index (χ3n) is 2.70. The molecule has 0 radical (unpaired) electrons. The molecule has 0 aliphatic carbocycles. The van der Waals surface area contributed by atoms with Crippen LogP contribution in [-0.2, 0) is 4.79 Å². The van der Waals surface area contributed by atoms with E-state index >= 15 is 0 Å². The normalized spacial score (nSPS) is 10.0. The first-order valence-electron chi connectivity index (χ1n) is 6.20. The smallest absolute Gasteiger partial charge is 0.257 e. The molecule has 2 amide bonds. The Morgan fingerprint density at radius 1 is 1.05 bits per heavy atom. The number of anilines is 3. The third-order valence-corrected chi connectivity index (χ3v) is 2.93. The molecule has 0 saturated heterocycles. The number of carbonyl (C=O) groups is 2. The van der Waals surface area contributed by atoms with Crippen molar-refractivity contribution in [2.45, 2.75) is 6.92 Å². The molecule has 0 atom stereocenters. The molecule has 0 bridgehead atoms. The van der Waals surface area contributed by atoms with Gasteiger partial charge < -0.3 is 16.4 Å². The lowest BCUT2D eigenvalue weighted by Crippen LogP contribution is -2.14. The SMILES string of the molecule is CC(=O)Nc1cccc(NC(=O)c2ccc(Cl)cc2N)c1. The van der Waals surface area contributed by atoms with Gasteiger partial charge in [0.2, 0.25) is 5.91 Å². The van der Waals surface area contributed by atoms with Gasteiger partial charge in [-0.2, -0.15) is 0 Å². The van der Waals surface area contributed by atoms with E-state index in [2.05, 4.69) is 10.6 Å². The lowest BCUT2D eigenvalue weighted by atomic mass is 10.1. The zero-order valence-electron chi connectivity index (χ0n) is 11.3. The Bertz CT molecular complexity index is 701. The first-order chi connectivity index (χ1) is 9.95. The fraction of sp³-hybridized carbons (Fsp3) is 0.0667. The molecule has 2 aromatic rings. The number of carbonyl (C=O) groups excluding carboxylic acids is 2. The molecule has 108 valence electrons. The average molecular weight is 304 g/mol. The molecule has 0 unspecified atom stereocenters. The number of hydrogen-bond acceptors (Lipinski definition) is 3. The van der Waals surface area contributed by atoms with Gasteiger partial charge in [-0.1, -0.05) is 17.7 Å². The van der Waals surface area contributed by atoms with Crippen molar-refractivity contribution in [1.29, 1.82) is 0 Å². The summed E-state index contributed by atoms with van der Waals surface area (Å²) >= 11 is 5.80. The maximum absolute atomic E-state index is 12.2. The number of nitrogens with one attached hydrogen (secondary N) is 2. The van der Waals surface area contributed by atoms with Gasteiger partial charge in [0.1, 0.15) is 0 Å². The number of nitrogen functional groups attached to an aromatic ring is 1. The van der Waals surface area contributed by atoms with Gasteiger partial charge in [0, 0.05) is 29.0 Å². The van der Waals surface area contributed by atoms with Crippen LogP contribution in [0.2, 0.25) is 5.02 Å². The Balaban J connectivity index is 2.17. The van der Waals surface area contributed by atoms with Crippen LogP contribution in [-0.4, -0.2) is 11.8 Å². The van der Waals surface area contributed by atoms with E-state index in [4.69, 9.17) is 17.3 Å². The van der Waals surface area contributed by atoms with Gasteiger partial charge in [0.05, 0.1) is 5.56 Å². The zero-order valence-corrected chi connectivity index (χ0v) is 12.1. The van der Waals surface area contributed by atoms with Gasteiger partial charge in [-0.25, -0.2) is 0 Å². The summed E-state index contributed by atoms with van der Waals surface area (Å²) < 4.78 is 0. The van der Waals surface area contributed by atoms with Crippen LogP contribution in [0.4, 0.5) is 17.1 Å². The van der Waals surface area contributed by atoms with E-state index in [9.17, 15) is 9.59 Å². The highest BCUT2D eigenvalue weighted by Gasteiger charge is 2.10. The number of hydrogen-bond donors (Lipinski definition) is 3. The van der Waals surface area contributed by atoms with Crippen molar-refractivity contribution in [2.75, 3.05) is 16.4 Å². The number of rotatable bonds is 3. The second kappa shape index (κ2) is 6.28. The van der Waals surface area contributed by atoms with Crippen molar-refractivity contribution in [3.05, 3.63) is 53.1 Å². The molecule has 0 heterocycles. The van der Waals surface area contributed by atoms with Crippen molar-refractivity contribution in [3.8, 4) is 0 Å². The van der Waals surface area contributed by atoms with E-state index in [1.807, 2.05) is 0 Å². The van der Waals surface area contributed by atoms with Gasteiger partial charge in [-0.05, 0) is 36.4 Å². The number of nitrogens with two attached hydrogens (primary N) is 1. The molecule has 5 nitrogen and oxygen atoms in total. The monoisotopic (exact) mass is 303 g/mol. The van der Waals surface area contributed by atoms with E-state index in [1.54, 1.807) is 36.4 Å². The highest BCUT2D eigenvalue weighted by atomic mass is 35.5. The summed E-state index contributed by atoms with van der Waals surface area (Å²) in [5.41, 5.74) is 7.57. The first kappa shape index (κ1) is 14.9. The third kappa shape index (κ3) is 3.97. The summed E-state index contributed by atoms with van der Waals surface area (Å²) in [7, 11) is 0. The summed E-state index contributed by atoms with van der Waals surface area (Å²) in [6, 6.07) is 11.5. The quantitative estimate of drug-likeness (QED) is 0.762. The fourth-order valence-electron chi connectivity index (χ4n) is 1.82. The number of halogens is 1. The molecule has 0 aliphatic rings. The van der Waals surface area contributed by atoms with E-state index in [0.717, 1.165) is 0 Å². The first-order valence-corrected chi connectivity index (χ1v) is 6.57. The Morgan fingerprint density at radius 3 is 2.33 bits per heavy atom. The maximum Gasteiger partial charge on any atom is 0.257 e. The second-order valence-corrected chi connectivity index (χ2v) is 4.88. The van der Waals surface area contributed by atoms with Crippen LogP contribution < -0.4 is 16.4 Å². The molecule has 2 aromatic carbocycles. The highest BCUT2D eigenvalue weighted by Crippen LogP contribution is 2.20. The molecule has 0 spiro atoms. The van der Waals surface area contributed by atoms with E-state index in [0.29, 0.717) is 27.6 Å². The summed E-state index contributed by atoms with van der Waals surface area (Å²) in [6.45, 7) is 1.42. The molecular weight excluding hydrogens is 290 g/mol. The van der Waals surface area contributed by atoms with Gasteiger partial charge in [0.15, 0.2) is 0 Å². The second-order valence-electron chi connectivity index (χ2n) is 4.45. The van der Waals surface area contributed by atoms with Crippen molar-refractivity contribution in [2.24, 2.45) is 0 Å². The van der Waals surface area contributed by atoms with Crippen LogP contribution in [0.25, 0.3) is 0 Å². The predicted octanol–water partition coefficient (Wildman–Crippen LogP) is 3.13. The molecular formula is C15H14ClN3O2. The van der Waals surface area contributed by atoms with Gasteiger partial charge in [-0.3, -0.25) is 9.59 Å². The van der Waals surface area contributed by atoms with Crippen molar-refractivity contribution >= 4 is 40.5 Å². The van der Waals surface area contributed by atoms with Crippen molar-refractivity contribution < 1.29 is 9.59 Å². The summed E-state index contributed by atoms with van der Waals surface area (Å²) in [5.74, 6) is -0.524. The summed E-state index contributed by atoms with van der Waals surface area (Å²) in [5, 5.41) is 5.83. The maximum atomic E-state index is 12.2. The standard InChI is InChI=1S/C15H14ClN3O2/c1-9(20)18-11-3-2-4-12(8-11)19-15(21)13-6-5-10(16)7-14(13)17/h2-8H,17H2,1H3,(H,18,20)(H,19,21). The minimum Gasteiger partial charge on any atom is -0.398 e. The minimum atomic E-state index is -0.343. The summed E-state index contributed by atoms with van der Waals surface area (Å²) in [4.78, 5) is 23.2. The lowest BCUT2D eigenvalue weighted by Gasteiger charge is -2.09. The Hall–Kier alpha value is -2.53. The Kier molecular flexibility index (Phi) is 4.45. The lowest BCUT2D eigenvalue weighted by molar-refractivity contribution is -0.114. The van der Waals surface area contributed by atoms with Crippen LogP contribution in [0.1, 0.15) is 17.3 Å². The highest BCUT2D eigenvalue weighted by molar-refractivity contribution is 6.31. The Morgan fingerprint density at radius 2 is 1.71 bits per heavy atom. The van der Waals surface area contributed by atoms with Gasteiger partial charge >= 0.3 is 0 Å². The van der Waals surface area contributed by atoms with Crippen LogP contribution in [0, 0.1) is 0 Å². The average Bonchev–Trinajstić information content (AvgIpc) is 2.37. The minimum absolute atomic E-state index is 0.180. The Labute approximate surface area is 127 Å². The predicted molar refractivity (Wildman–Crippen MR) is 84.6 cm³/mol. The van der Waals surface area contributed by atoms with Crippen molar-refractivity contribution in [3.63, 3.8) is 0 Å². The topological polar surface area (TPSA) is 84.2 Å². The van der Waals surface area contributed by atoms with E-state index < -0.39 is 0 Å². The fourth-order valence-corrected chi connectivity index (χ4v) is 2.00. The van der Waals surface area contributed by atoms with Crippen LogP contribution in [0.5, 0.6) is 0 Å². The van der Waals surface area contributed by atoms with Crippen LogP contribution >= 0.6 is 11.6 Å². The largest absolute Gasteiger partial charge is 0.398 e.